The van der Waals surface area contributed by atoms with Gasteiger partial charge in [-0.15, -0.1) is 0 Å². The molecule has 1 rings (SSSR count). The van der Waals surface area contributed by atoms with Crippen LogP contribution in [0.15, 0.2) is 42.1 Å². The zero-order chi connectivity index (χ0) is 14.8. The highest BCUT2D eigenvalue weighted by molar-refractivity contribution is 5.92. The molecular weight excluding hydrogens is 258 g/mol. The van der Waals surface area contributed by atoms with Crippen LogP contribution in [-0.4, -0.2) is 19.2 Å². The number of hydrogen-bond acceptors (Lipinski definition) is 4. The molecule has 0 heterocycles. The molecular formula is C15H19NO4. The fourth-order valence-corrected chi connectivity index (χ4v) is 1.45. The van der Waals surface area contributed by atoms with E-state index in [2.05, 4.69) is 10.1 Å². The second-order valence-corrected chi connectivity index (χ2v) is 4.08. The molecule has 20 heavy (non-hydrogen) atoms. The number of nitrogens with one attached hydrogen (secondary N) is 1. The van der Waals surface area contributed by atoms with E-state index in [1.165, 1.54) is 7.11 Å². The van der Waals surface area contributed by atoms with Gasteiger partial charge in [0.15, 0.2) is 0 Å². The topological polar surface area (TPSA) is 64.6 Å². The third-order valence-electron chi connectivity index (χ3n) is 2.49. The van der Waals surface area contributed by atoms with Crippen LogP contribution >= 0.6 is 0 Å². The molecule has 0 aliphatic carbocycles. The lowest BCUT2D eigenvalue weighted by Gasteiger charge is -2.09. The Bertz CT molecular complexity index is 468. The molecule has 0 saturated heterocycles. The van der Waals surface area contributed by atoms with Crippen molar-refractivity contribution in [2.75, 3.05) is 7.11 Å². The van der Waals surface area contributed by atoms with Crippen molar-refractivity contribution < 1.29 is 19.1 Å². The predicted octanol–water partition coefficient (Wildman–Crippen LogP) is 2.77. The Kier molecular flexibility index (Phi) is 6.89. The van der Waals surface area contributed by atoms with Crippen LogP contribution in [-0.2, 0) is 20.9 Å². The summed E-state index contributed by atoms with van der Waals surface area (Å²) in [6, 6.07) is 9.30. The number of ether oxygens (including phenoxy) is 2. The molecule has 1 N–H and O–H groups in total. The number of alkyl carbamates (subject to hydrolysis) is 1. The van der Waals surface area contributed by atoms with Crippen molar-refractivity contribution >= 4 is 12.1 Å². The number of hydrogen-bond donors (Lipinski definition) is 1. The maximum atomic E-state index is 11.6. The van der Waals surface area contributed by atoms with Gasteiger partial charge in [0.25, 0.3) is 0 Å². The van der Waals surface area contributed by atoms with Crippen LogP contribution in [0.5, 0.6) is 0 Å². The Balaban J connectivity index is 2.52. The number of esters is 1. The maximum Gasteiger partial charge on any atom is 0.412 e. The van der Waals surface area contributed by atoms with E-state index in [1.54, 1.807) is 6.08 Å². The summed E-state index contributed by atoms with van der Waals surface area (Å²) < 4.78 is 9.63. The molecule has 0 saturated carbocycles. The van der Waals surface area contributed by atoms with Crippen molar-refractivity contribution in [3.05, 3.63) is 47.7 Å². The van der Waals surface area contributed by atoms with Gasteiger partial charge in [0.1, 0.15) is 12.3 Å². The first kappa shape index (κ1) is 15.8. The molecule has 0 unspecified atom stereocenters. The van der Waals surface area contributed by atoms with Gasteiger partial charge in [-0.1, -0.05) is 49.8 Å². The van der Waals surface area contributed by atoms with Gasteiger partial charge in [0.2, 0.25) is 0 Å². The molecule has 5 heteroatoms. The number of benzene rings is 1. The van der Waals surface area contributed by atoms with Gasteiger partial charge in [0.05, 0.1) is 7.11 Å². The van der Waals surface area contributed by atoms with E-state index in [0.717, 1.165) is 12.0 Å². The Morgan fingerprint density at radius 2 is 1.95 bits per heavy atom. The van der Waals surface area contributed by atoms with Gasteiger partial charge in [-0.3, -0.25) is 5.32 Å². The molecule has 0 radical (unpaired) electrons. The quantitative estimate of drug-likeness (QED) is 0.641. The van der Waals surface area contributed by atoms with Gasteiger partial charge in [-0.25, -0.2) is 9.59 Å². The van der Waals surface area contributed by atoms with E-state index >= 15 is 0 Å². The average Bonchev–Trinajstić information content (AvgIpc) is 2.49. The van der Waals surface area contributed by atoms with Crippen LogP contribution in [0.1, 0.15) is 25.3 Å². The zero-order valence-corrected chi connectivity index (χ0v) is 11.7. The van der Waals surface area contributed by atoms with E-state index in [4.69, 9.17) is 4.74 Å². The Hall–Kier alpha value is -2.30. The van der Waals surface area contributed by atoms with Gasteiger partial charge in [-0.05, 0) is 12.0 Å². The summed E-state index contributed by atoms with van der Waals surface area (Å²) in [5, 5.41) is 2.40. The van der Waals surface area contributed by atoms with Crippen LogP contribution in [0.25, 0.3) is 0 Å². The molecule has 0 aromatic heterocycles. The lowest BCUT2D eigenvalue weighted by Crippen LogP contribution is -2.28. The summed E-state index contributed by atoms with van der Waals surface area (Å²) >= 11 is 0. The number of methoxy groups -OCH3 is 1. The molecule has 0 fully saturated rings. The second kappa shape index (κ2) is 8.74. The Morgan fingerprint density at radius 1 is 1.25 bits per heavy atom. The van der Waals surface area contributed by atoms with Crippen molar-refractivity contribution in [3.8, 4) is 0 Å². The summed E-state index contributed by atoms with van der Waals surface area (Å²) in [6.07, 6.45) is 2.47. The molecule has 108 valence electrons. The molecule has 1 amide bonds. The fourth-order valence-electron chi connectivity index (χ4n) is 1.45. The third kappa shape index (κ3) is 5.56. The largest absolute Gasteiger partial charge is 0.464 e. The number of unbranched alkanes of at least 4 members (excludes halogenated alkanes) is 1. The average molecular weight is 277 g/mol. The lowest BCUT2D eigenvalue weighted by molar-refractivity contribution is -0.136. The molecule has 5 nitrogen and oxygen atoms in total. The molecule has 1 aromatic rings. The highest BCUT2D eigenvalue weighted by atomic mass is 16.6. The summed E-state index contributed by atoms with van der Waals surface area (Å²) in [5.74, 6) is -0.588. The predicted molar refractivity (Wildman–Crippen MR) is 74.8 cm³/mol. The van der Waals surface area contributed by atoms with Crippen LogP contribution in [0.3, 0.4) is 0 Å². The number of allylic oxidation sites excluding steroid dienone is 1. The third-order valence-corrected chi connectivity index (χ3v) is 2.49. The molecule has 0 atom stereocenters. The fraction of sp³-hybridized carbons (Fsp3) is 0.333. The number of amides is 1. The standard InChI is InChI=1S/C15H19NO4/c1-3-4-10-13(14(17)19-2)16-15(18)20-11-12-8-6-5-7-9-12/h5-10H,3-4,11H2,1-2H3,(H,16,18)/b13-10+. The SMILES string of the molecule is CCC/C=C(/NC(=O)OCc1ccccc1)C(=O)OC. The lowest BCUT2D eigenvalue weighted by atomic mass is 10.2. The minimum Gasteiger partial charge on any atom is -0.464 e. The monoisotopic (exact) mass is 277 g/mol. The summed E-state index contributed by atoms with van der Waals surface area (Å²) in [4.78, 5) is 23.1. The molecule has 0 aliphatic rings. The van der Waals surface area contributed by atoms with Crippen LogP contribution < -0.4 is 5.32 Å². The van der Waals surface area contributed by atoms with Crippen molar-refractivity contribution in [2.45, 2.75) is 26.4 Å². The minimum absolute atomic E-state index is 0.104. The summed E-state index contributed by atoms with van der Waals surface area (Å²) in [5.41, 5.74) is 0.979. The van der Waals surface area contributed by atoms with E-state index in [-0.39, 0.29) is 12.3 Å². The van der Waals surface area contributed by atoms with Gasteiger partial charge >= 0.3 is 12.1 Å². The Morgan fingerprint density at radius 3 is 2.55 bits per heavy atom. The summed E-state index contributed by atoms with van der Waals surface area (Å²) in [7, 11) is 1.26. The van der Waals surface area contributed by atoms with E-state index in [0.29, 0.717) is 6.42 Å². The first-order chi connectivity index (χ1) is 9.67. The molecule has 1 aromatic carbocycles. The van der Waals surface area contributed by atoms with Crippen LogP contribution in [0, 0.1) is 0 Å². The first-order valence-electron chi connectivity index (χ1n) is 6.43. The summed E-state index contributed by atoms with van der Waals surface area (Å²) in [6.45, 7) is 2.12. The van der Waals surface area contributed by atoms with Crippen molar-refractivity contribution in [2.24, 2.45) is 0 Å². The smallest absolute Gasteiger partial charge is 0.412 e. The first-order valence-corrected chi connectivity index (χ1v) is 6.43. The van der Waals surface area contributed by atoms with Gasteiger partial charge in [-0.2, -0.15) is 0 Å². The highest BCUT2D eigenvalue weighted by Gasteiger charge is 2.13. The second-order valence-electron chi connectivity index (χ2n) is 4.08. The molecule has 0 aliphatic heterocycles. The number of carbonyl (C=O) groups is 2. The highest BCUT2D eigenvalue weighted by Crippen LogP contribution is 2.03. The van der Waals surface area contributed by atoms with Crippen molar-refractivity contribution in [1.82, 2.24) is 5.32 Å². The van der Waals surface area contributed by atoms with Crippen LogP contribution in [0.2, 0.25) is 0 Å². The minimum atomic E-state index is -0.679. The molecule has 0 spiro atoms. The van der Waals surface area contributed by atoms with Crippen LogP contribution in [0.4, 0.5) is 4.79 Å². The van der Waals surface area contributed by atoms with E-state index in [9.17, 15) is 9.59 Å². The number of rotatable bonds is 6. The normalized spacial score (nSPS) is 10.8. The molecule has 0 bridgehead atoms. The van der Waals surface area contributed by atoms with E-state index < -0.39 is 12.1 Å². The van der Waals surface area contributed by atoms with Gasteiger partial charge < -0.3 is 9.47 Å². The van der Waals surface area contributed by atoms with Crippen molar-refractivity contribution in [3.63, 3.8) is 0 Å². The number of carbonyl (C=O) groups excluding carboxylic acids is 2. The zero-order valence-electron chi connectivity index (χ0n) is 11.7. The maximum absolute atomic E-state index is 11.6. The van der Waals surface area contributed by atoms with Crippen molar-refractivity contribution in [1.29, 1.82) is 0 Å². The Labute approximate surface area is 118 Å². The van der Waals surface area contributed by atoms with Gasteiger partial charge in [0, 0.05) is 0 Å². The van der Waals surface area contributed by atoms with E-state index in [1.807, 2.05) is 37.3 Å².